The number of nitrogens with zero attached hydrogens (tertiary/aromatic N) is 4. The smallest absolute Gasteiger partial charge is 0.410 e. The Morgan fingerprint density at radius 1 is 1.48 bits per heavy atom. The van der Waals surface area contributed by atoms with Crippen LogP contribution in [0, 0.1) is 5.92 Å². The Morgan fingerprint density at radius 2 is 2.19 bits per heavy atom. The molecular formula is C13H20N4O4. The number of hydrogen-bond acceptors (Lipinski definition) is 5. The highest BCUT2D eigenvalue weighted by atomic mass is 16.6. The van der Waals surface area contributed by atoms with Crippen molar-refractivity contribution in [3.05, 3.63) is 11.9 Å². The van der Waals surface area contributed by atoms with Crippen molar-refractivity contribution in [3.8, 4) is 0 Å². The number of ether oxygens (including phenoxy) is 1. The molecule has 8 heteroatoms. The van der Waals surface area contributed by atoms with Crippen molar-refractivity contribution in [1.82, 2.24) is 19.9 Å². The number of carbonyl (C=O) groups is 2. The van der Waals surface area contributed by atoms with Crippen LogP contribution in [0.1, 0.15) is 37.7 Å². The quantitative estimate of drug-likeness (QED) is 0.901. The molecule has 1 saturated heterocycles. The van der Waals surface area contributed by atoms with Crippen LogP contribution in [0.25, 0.3) is 0 Å². The molecule has 2 heterocycles. The van der Waals surface area contributed by atoms with E-state index >= 15 is 0 Å². The molecule has 0 spiro atoms. The first-order chi connectivity index (χ1) is 9.74. The van der Waals surface area contributed by atoms with E-state index in [0.29, 0.717) is 19.6 Å². The van der Waals surface area contributed by atoms with Crippen molar-refractivity contribution in [3.63, 3.8) is 0 Å². The number of amides is 1. The number of carboxylic acid groups (broad SMARTS) is 1. The molecule has 0 aliphatic carbocycles. The van der Waals surface area contributed by atoms with Gasteiger partial charge in [-0.15, -0.1) is 5.10 Å². The molecule has 1 unspecified atom stereocenters. The highest BCUT2D eigenvalue weighted by Gasteiger charge is 2.30. The van der Waals surface area contributed by atoms with Crippen LogP contribution in [0.5, 0.6) is 0 Å². The summed E-state index contributed by atoms with van der Waals surface area (Å²) in [5.74, 6) is -0.871. The number of aromatic nitrogens is 3. The van der Waals surface area contributed by atoms with Crippen LogP contribution in [0.4, 0.5) is 4.79 Å². The van der Waals surface area contributed by atoms with E-state index in [9.17, 15) is 9.59 Å². The van der Waals surface area contributed by atoms with Gasteiger partial charge in [0.25, 0.3) is 0 Å². The average Bonchev–Trinajstić information content (AvgIpc) is 2.96. The molecule has 2 rings (SSSR count). The third-order valence-electron chi connectivity index (χ3n) is 3.14. The minimum Gasteiger partial charge on any atom is -0.476 e. The van der Waals surface area contributed by atoms with Crippen molar-refractivity contribution in [2.45, 2.75) is 39.3 Å². The normalized spacial score (nSPS) is 18.8. The first-order valence-corrected chi connectivity index (χ1v) is 6.86. The van der Waals surface area contributed by atoms with Crippen LogP contribution in [-0.2, 0) is 11.3 Å². The van der Waals surface area contributed by atoms with Crippen molar-refractivity contribution >= 4 is 12.1 Å². The van der Waals surface area contributed by atoms with Crippen LogP contribution < -0.4 is 0 Å². The molecule has 0 saturated carbocycles. The first kappa shape index (κ1) is 15.3. The van der Waals surface area contributed by atoms with Crippen LogP contribution in [-0.4, -0.2) is 55.8 Å². The second-order valence-electron chi connectivity index (χ2n) is 6.21. The van der Waals surface area contributed by atoms with Crippen molar-refractivity contribution < 1.29 is 19.4 Å². The monoisotopic (exact) mass is 296 g/mol. The summed E-state index contributed by atoms with van der Waals surface area (Å²) in [6.45, 7) is 7.26. The number of carboxylic acids is 1. The van der Waals surface area contributed by atoms with Gasteiger partial charge in [-0.25, -0.2) is 9.59 Å². The highest BCUT2D eigenvalue weighted by molar-refractivity contribution is 5.84. The van der Waals surface area contributed by atoms with Gasteiger partial charge in [-0.1, -0.05) is 5.21 Å². The molecule has 1 N–H and O–H groups in total. The van der Waals surface area contributed by atoms with Gasteiger partial charge in [0.2, 0.25) is 0 Å². The van der Waals surface area contributed by atoms with E-state index < -0.39 is 11.6 Å². The zero-order valence-electron chi connectivity index (χ0n) is 12.4. The largest absolute Gasteiger partial charge is 0.476 e. The molecule has 1 aromatic heterocycles. The van der Waals surface area contributed by atoms with E-state index in [1.165, 1.54) is 10.9 Å². The number of carbonyl (C=O) groups excluding carboxylic acids is 1. The van der Waals surface area contributed by atoms with E-state index in [2.05, 4.69) is 10.3 Å². The van der Waals surface area contributed by atoms with E-state index in [1.807, 2.05) is 20.8 Å². The summed E-state index contributed by atoms with van der Waals surface area (Å²) >= 11 is 0. The number of hydrogen-bond donors (Lipinski definition) is 1. The minimum absolute atomic E-state index is 0.0722. The number of likely N-dealkylation sites (tertiary alicyclic amines) is 1. The molecule has 116 valence electrons. The second-order valence-corrected chi connectivity index (χ2v) is 6.21. The SMILES string of the molecule is CC(C)(C)OC(=O)N1CCC(Cn2cc(C(=O)O)nn2)C1. The average molecular weight is 296 g/mol. The maximum absolute atomic E-state index is 11.9. The maximum Gasteiger partial charge on any atom is 0.410 e. The Kier molecular flexibility index (Phi) is 4.15. The Morgan fingerprint density at radius 3 is 2.76 bits per heavy atom. The Labute approximate surface area is 122 Å². The molecule has 0 radical (unpaired) electrons. The van der Waals surface area contributed by atoms with Crippen molar-refractivity contribution in [2.75, 3.05) is 13.1 Å². The lowest BCUT2D eigenvalue weighted by molar-refractivity contribution is 0.0286. The fourth-order valence-electron chi connectivity index (χ4n) is 2.22. The van der Waals surface area contributed by atoms with E-state index in [0.717, 1.165) is 6.42 Å². The summed E-state index contributed by atoms with van der Waals surface area (Å²) in [7, 11) is 0. The molecule has 1 amide bonds. The fourth-order valence-corrected chi connectivity index (χ4v) is 2.22. The lowest BCUT2D eigenvalue weighted by Gasteiger charge is -2.24. The van der Waals surface area contributed by atoms with Gasteiger partial charge in [-0.05, 0) is 33.1 Å². The summed E-state index contributed by atoms with van der Waals surface area (Å²) in [5, 5.41) is 16.1. The van der Waals surface area contributed by atoms with Gasteiger partial charge in [-0.2, -0.15) is 0 Å². The molecule has 8 nitrogen and oxygen atoms in total. The van der Waals surface area contributed by atoms with Crippen molar-refractivity contribution in [1.29, 1.82) is 0 Å². The summed E-state index contributed by atoms with van der Waals surface area (Å²) in [6.07, 6.45) is 1.93. The predicted molar refractivity (Wildman–Crippen MR) is 72.9 cm³/mol. The molecule has 1 aliphatic heterocycles. The maximum atomic E-state index is 11.9. The van der Waals surface area contributed by atoms with Crippen LogP contribution >= 0.6 is 0 Å². The Bertz CT molecular complexity index is 535. The standard InChI is InChI=1S/C13H20N4O4/c1-13(2,3)21-12(20)16-5-4-9(6-16)7-17-8-10(11(18)19)14-15-17/h8-9H,4-7H2,1-3H3,(H,18,19). The lowest BCUT2D eigenvalue weighted by Crippen LogP contribution is -2.35. The van der Waals surface area contributed by atoms with Gasteiger partial charge in [0, 0.05) is 19.6 Å². The van der Waals surface area contributed by atoms with Crippen LogP contribution in [0.2, 0.25) is 0 Å². The van der Waals surface area contributed by atoms with Crippen LogP contribution in [0.3, 0.4) is 0 Å². The molecule has 1 aliphatic rings. The molecule has 0 aromatic carbocycles. The van der Waals surface area contributed by atoms with E-state index in [-0.39, 0.29) is 17.7 Å². The van der Waals surface area contributed by atoms with Gasteiger partial charge in [0.05, 0.1) is 6.20 Å². The Hall–Kier alpha value is -2.12. The van der Waals surface area contributed by atoms with E-state index in [1.54, 1.807) is 4.90 Å². The second kappa shape index (κ2) is 5.71. The minimum atomic E-state index is -1.09. The van der Waals surface area contributed by atoms with Gasteiger partial charge in [-0.3, -0.25) is 4.68 Å². The van der Waals surface area contributed by atoms with Crippen molar-refractivity contribution in [2.24, 2.45) is 5.92 Å². The first-order valence-electron chi connectivity index (χ1n) is 6.86. The Balaban J connectivity index is 1.87. The molecule has 1 aromatic rings. The summed E-state index contributed by atoms with van der Waals surface area (Å²) in [5.41, 5.74) is -0.575. The van der Waals surface area contributed by atoms with Crippen LogP contribution in [0.15, 0.2) is 6.20 Å². The molecular weight excluding hydrogens is 276 g/mol. The number of rotatable bonds is 3. The number of aromatic carboxylic acids is 1. The summed E-state index contributed by atoms with van der Waals surface area (Å²) in [6, 6.07) is 0. The fraction of sp³-hybridized carbons (Fsp3) is 0.692. The molecule has 1 atom stereocenters. The third-order valence-corrected chi connectivity index (χ3v) is 3.14. The molecule has 1 fully saturated rings. The van der Waals surface area contributed by atoms with Gasteiger partial charge in [0.15, 0.2) is 5.69 Å². The topological polar surface area (TPSA) is 97.5 Å². The van der Waals surface area contributed by atoms with Gasteiger partial charge < -0.3 is 14.7 Å². The van der Waals surface area contributed by atoms with Gasteiger partial charge >= 0.3 is 12.1 Å². The highest BCUT2D eigenvalue weighted by Crippen LogP contribution is 2.20. The van der Waals surface area contributed by atoms with Gasteiger partial charge in [0.1, 0.15) is 5.60 Å². The van der Waals surface area contributed by atoms with E-state index in [4.69, 9.17) is 9.84 Å². The zero-order chi connectivity index (χ0) is 15.6. The predicted octanol–water partition coefficient (Wildman–Crippen LogP) is 1.23. The summed E-state index contributed by atoms with van der Waals surface area (Å²) in [4.78, 5) is 24.4. The zero-order valence-corrected chi connectivity index (χ0v) is 12.4. The molecule has 0 bridgehead atoms. The lowest BCUT2D eigenvalue weighted by atomic mass is 10.1. The third kappa shape index (κ3) is 4.17. The summed E-state index contributed by atoms with van der Waals surface area (Å²) < 4.78 is 6.84. The molecule has 21 heavy (non-hydrogen) atoms.